The van der Waals surface area contributed by atoms with Gasteiger partial charge in [0, 0.05) is 19.3 Å². The molecule has 13 heavy (non-hydrogen) atoms. The van der Waals surface area contributed by atoms with Gasteiger partial charge < -0.3 is 0 Å². The minimum absolute atomic E-state index is 1.14. The number of piperidine rings is 1. The van der Waals surface area contributed by atoms with Crippen LogP contribution in [0.1, 0.15) is 39.0 Å². The maximum atomic E-state index is 4.38. The van der Waals surface area contributed by atoms with Crippen LogP contribution in [0.25, 0.3) is 0 Å². The van der Waals surface area contributed by atoms with E-state index >= 15 is 0 Å². The first-order chi connectivity index (χ1) is 6.43. The number of hydrogen-bond acceptors (Lipinski definition) is 2. The number of allylic oxidation sites excluding steroid dienone is 2. The van der Waals surface area contributed by atoms with Crippen molar-refractivity contribution in [2.24, 2.45) is 5.10 Å². The van der Waals surface area contributed by atoms with Crippen LogP contribution in [-0.4, -0.2) is 24.3 Å². The van der Waals surface area contributed by atoms with Crippen LogP contribution in [0, 0.1) is 0 Å². The molecule has 0 atom stereocenters. The van der Waals surface area contributed by atoms with E-state index in [9.17, 15) is 0 Å². The average Bonchev–Trinajstić information content (AvgIpc) is 2.19. The maximum absolute atomic E-state index is 4.38. The Labute approximate surface area is 81.3 Å². The fourth-order valence-electron chi connectivity index (χ4n) is 1.45. The molecule has 0 aromatic heterocycles. The Morgan fingerprint density at radius 1 is 1.23 bits per heavy atom. The Bertz CT molecular complexity index is 167. The van der Waals surface area contributed by atoms with Gasteiger partial charge in [0.05, 0.1) is 0 Å². The lowest BCUT2D eigenvalue weighted by atomic mass is 10.2. The highest BCUT2D eigenvalue weighted by Crippen LogP contribution is 2.07. The van der Waals surface area contributed by atoms with Gasteiger partial charge in [-0.25, -0.2) is 0 Å². The lowest BCUT2D eigenvalue weighted by Crippen LogP contribution is -2.24. The lowest BCUT2D eigenvalue weighted by molar-refractivity contribution is 0.240. The molecule has 0 saturated carbocycles. The summed E-state index contributed by atoms with van der Waals surface area (Å²) in [7, 11) is 0. The minimum atomic E-state index is 1.14. The van der Waals surface area contributed by atoms with Gasteiger partial charge >= 0.3 is 0 Å². The van der Waals surface area contributed by atoms with Crippen molar-refractivity contribution in [1.82, 2.24) is 5.01 Å². The topological polar surface area (TPSA) is 15.6 Å². The molecule has 1 fully saturated rings. The first-order valence-corrected chi connectivity index (χ1v) is 5.37. The maximum Gasteiger partial charge on any atom is 0.0467 e. The summed E-state index contributed by atoms with van der Waals surface area (Å²) in [5, 5.41) is 6.54. The molecule has 0 aromatic carbocycles. The molecule has 2 nitrogen and oxygen atoms in total. The molecule has 74 valence electrons. The monoisotopic (exact) mass is 180 g/mol. The Morgan fingerprint density at radius 2 is 2.00 bits per heavy atom. The number of nitrogens with zero attached hydrogens (tertiary/aromatic N) is 2. The summed E-state index contributed by atoms with van der Waals surface area (Å²) in [4.78, 5) is 0. The van der Waals surface area contributed by atoms with E-state index < -0.39 is 0 Å². The predicted octanol–water partition coefficient (Wildman–Crippen LogP) is 2.81. The number of hydrazone groups is 1. The molecule has 0 spiro atoms. The van der Waals surface area contributed by atoms with Crippen LogP contribution in [-0.2, 0) is 0 Å². The van der Waals surface area contributed by atoms with Gasteiger partial charge in [0.2, 0.25) is 0 Å². The van der Waals surface area contributed by atoms with E-state index in [1.54, 1.807) is 0 Å². The van der Waals surface area contributed by atoms with Crippen molar-refractivity contribution < 1.29 is 0 Å². The van der Waals surface area contributed by atoms with E-state index in [0.717, 1.165) is 19.5 Å². The van der Waals surface area contributed by atoms with Crippen molar-refractivity contribution in [2.75, 3.05) is 13.1 Å². The number of rotatable bonds is 4. The van der Waals surface area contributed by atoms with Crippen LogP contribution in [0.2, 0.25) is 0 Å². The second kappa shape index (κ2) is 6.70. The lowest BCUT2D eigenvalue weighted by Gasteiger charge is -2.22. The third kappa shape index (κ3) is 4.71. The molecule has 0 radical (unpaired) electrons. The van der Waals surface area contributed by atoms with Crippen molar-refractivity contribution >= 4 is 6.21 Å². The Kier molecular flexibility index (Phi) is 5.30. The zero-order valence-corrected chi connectivity index (χ0v) is 8.58. The summed E-state index contributed by atoms with van der Waals surface area (Å²) in [5.74, 6) is 0. The largest absolute Gasteiger partial charge is 0.297 e. The fourth-order valence-corrected chi connectivity index (χ4v) is 1.45. The van der Waals surface area contributed by atoms with Crippen molar-refractivity contribution in [2.45, 2.75) is 39.0 Å². The Balaban J connectivity index is 2.14. The third-order valence-corrected chi connectivity index (χ3v) is 2.24. The summed E-state index contributed by atoms with van der Waals surface area (Å²) in [6.07, 6.45) is 12.5. The van der Waals surface area contributed by atoms with Gasteiger partial charge in [-0.1, -0.05) is 19.4 Å². The van der Waals surface area contributed by atoms with Crippen LogP contribution < -0.4 is 0 Å². The van der Waals surface area contributed by atoms with Crippen molar-refractivity contribution in [3.05, 3.63) is 12.2 Å². The van der Waals surface area contributed by atoms with Crippen LogP contribution in [0.15, 0.2) is 17.3 Å². The molecule has 0 aliphatic carbocycles. The van der Waals surface area contributed by atoms with Crippen LogP contribution in [0.5, 0.6) is 0 Å². The molecule has 1 rings (SSSR count). The molecular formula is C11H20N2. The highest BCUT2D eigenvalue weighted by atomic mass is 15.4. The van der Waals surface area contributed by atoms with Crippen LogP contribution in [0.4, 0.5) is 0 Å². The second-order valence-electron chi connectivity index (χ2n) is 3.50. The molecule has 0 unspecified atom stereocenters. The van der Waals surface area contributed by atoms with Gasteiger partial charge in [0.1, 0.15) is 0 Å². The predicted molar refractivity (Wildman–Crippen MR) is 58.0 cm³/mol. The van der Waals surface area contributed by atoms with E-state index in [1.165, 1.54) is 25.7 Å². The average molecular weight is 180 g/mol. The van der Waals surface area contributed by atoms with E-state index in [4.69, 9.17) is 0 Å². The smallest absolute Gasteiger partial charge is 0.0467 e. The summed E-state index contributed by atoms with van der Waals surface area (Å²) in [6, 6.07) is 0. The van der Waals surface area contributed by atoms with Gasteiger partial charge in [-0.3, -0.25) is 5.01 Å². The fraction of sp³-hybridized carbons (Fsp3) is 0.727. The second-order valence-corrected chi connectivity index (χ2v) is 3.50. The molecule has 2 heteroatoms. The summed E-state index contributed by atoms with van der Waals surface area (Å²) in [5.41, 5.74) is 0. The molecule has 0 bridgehead atoms. The highest BCUT2D eigenvalue weighted by molar-refractivity contribution is 5.70. The van der Waals surface area contributed by atoms with Crippen molar-refractivity contribution in [3.8, 4) is 0 Å². The first-order valence-electron chi connectivity index (χ1n) is 5.37. The van der Waals surface area contributed by atoms with Gasteiger partial charge in [0.25, 0.3) is 0 Å². The van der Waals surface area contributed by atoms with E-state index in [0.29, 0.717) is 0 Å². The Hall–Kier alpha value is -0.790. The van der Waals surface area contributed by atoms with Gasteiger partial charge in [0.15, 0.2) is 0 Å². The molecule has 1 saturated heterocycles. The van der Waals surface area contributed by atoms with E-state index in [-0.39, 0.29) is 0 Å². The number of hydrogen-bond donors (Lipinski definition) is 0. The standard InChI is InChI=1S/C11H20N2/c1-2-3-4-6-9-12-13-10-7-5-8-11-13/h4,6,9H,2-3,5,7-8,10-11H2,1H3/b6-4+,12-9+. The van der Waals surface area contributed by atoms with Gasteiger partial charge in [-0.2, -0.15) is 5.10 Å². The quantitative estimate of drug-likeness (QED) is 0.607. The SMILES string of the molecule is CCC/C=C/C=N/N1CCCCC1. The van der Waals surface area contributed by atoms with Crippen LogP contribution >= 0.6 is 0 Å². The molecule has 1 aliphatic heterocycles. The molecule has 1 heterocycles. The molecular weight excluding hydrogens is 160 g/mol. The first kappa shape index (κ1) is 10.3. The molecule has 0 N–H and O–H groups in total. The number of unbranched alkanes of at least 4 members (excludes halogenated alkanes) is 1. The Morgan fingerprint density at radius 3 is 2.69 bits per heavy atom. The minimum Gasteiger partial charge on any atom is -0.297 e. The summed E-state index contributed by atoms with van der Waals surface area (Å²) in [6.45, 7) is 4.46. The van der Waals surface area contributed by atoms with Gasteiger partial charge in [-0.05, 0) is 31.8 Å². The van der Waals surface area contributed by atoms with Gasteiger partial charge in [-0.15, -0.1) is 0 Å². The third-order valence-electron chi connectivity index (χ3n) is 2.24. The summed E-state index contributed by atoms with van der Waals surface area (Å²) >= 11 is 0. The van der Waals surface area contributed by atoms with Crippen LogP contribution in [0.3, 0.4) is 0 Å². The molecule has 0 aromatic rings. The summed E-state index contributed by atoms with van der Waals surface area (Å²) < 4.78 is 0. The van der Waals surface area contributed by atoms with Crippen molar-refractivity contribution in [3.63, 3.8) is 0 Å². The zero-order chi connectivity index (χ0) is 9.36. The van der Waals surface area contributed by atoms with Crippen molar-refractivity contribution in [1.29, 1.82) is 0 Å². The van der Waals surface area contributed by atoms with E-state index in [1.807, 2.05) is 6.21 Å². The molecule has 1 aliphatic rings. The zero-order valence-electron chi connectivity index (χ0n) is 8.58. The molecule has 0 amide bonds. The van der Waals surface area contributed by atoms with E-state index in [2.05, 4.69) is 29.2 Å². The highest BCUT2D eigenvalue weighted by Gasteiger charge is 2.05. The normalized spacial score (nSPS) is 19.0.